The highest BCUT2D eigenvalue weighted by Gasteiger charge is 2.18. The van der Waals surface area contributed by atoms with Gasteiger partial charge in [-0.1, -0.05) is 6.92 Å². The summed E-state index contributed by atoms with van der Waals surface area (Å²) in [7, 11) is 0. The third kappa shape index (κ3) is 4.00. The highest BCUT2D eigenvalue weighted by atomic mass is 19.3. The van der Waals surface area contributed by atoms with Crippen LogP contribution in [-0.4, -0.2) is 55.5 Å². The van der Waals surface area contributed by atoms with Crippen molar-refractivity contribution in [3.63, 3.8) is 0 Å². The van der Waals surface area contributed by atoms with Crippen LogP contribution in [0.25, 0.3) is 0 Å². The zero-order valence-electron chi connectivity index (χ0n) is 8.18. The van der Waals surface area contributed by atoms with E-state index in [0.29, 0.717) is 0 Å². The maximum absolute atomic E-state index is 12.0. The van der Waals surface area contributed by atoms with Crippen LogP contribution in [-0.2, 0) is 0 Å². The van der Waals surface area contributed by atoms with Crippen molar-refractivity contribution >= 4 is 0 Å². The smallest absolute Gasteiger partial charge is 0.251 e. The first kappa shape index (κ1) is 10.9. The van der Waals surface area contributed by atoms with Crippen molar-refractivity contribution in [2.75, 3.05) is 39.3 Å². The Morgan fingerprint density at radius 1 is 1.08 bits per heavy atom. The van der Waals surface area contributed by atoms with E-state index in [0.717, 1.165) is 39.1 Å². The van der Waals surface area contributed by atoms with Gasteiger partial charge in [0.15, 0.2) is 0 Å². The maximum atomic E-state index is 12.0. The number of nitrogens with zero attached hydrogens (tertiary/aromatic N) is 2. The molecule has 0 aromatic rings. The lowest BCUT2D eigenvalue weighted by molar-refractivity contribution is 0.0563. The second-order valence-electron chi connectivity index (χ2n) is 3.53. The fourth-order valence-corrected chi connectivity index (χ4v) is 1.71. The molecule has 0 bridgehead atoms. The molecule has 0 amide bonds. The predicted octanol–water partition coefficient (Wildman–Crippen LogP) is 1.28. The van der Waals surface area contributed by atoms with E-state index < -0.39 is 6.43 Å². The van der Waals surface area contributed by atoms with Crippen molar-refractivity contribution in [3.05, 3.63) is 0 Å². The summed E-state index contributed by atoms with van der Waals surface area (Å²) in [6, 6.07) is 0. The molecule has 0 N–H and O–H groups in total. The monoisotopic (exact) mass is 192 g/mol. The van der Waals surface area contributed by atoms with Crippen LogP contribution in [0.15, 0.2) is 0 Å². The van der Waals surface area contributed by atoms with Gasteiger partial charge in [-0.25, -0.2) is 8.78 Å². The Morgan fingerprint density at radius 2 is 1.62 bits per heavy atom. The highest BCUT2D eigenvalue weighted by Crippen LogP contribution is 2.04. The summed E-state index contributed by atoms with van der Waals surface area (Å²) in [4.78, 5) is 4.18. The summed E-state index contributed by atoms with van der Waals surface area (Å²) >= 11 is 0. The summed E-state index contributed by atoms with van der Waals surface area (Å²) < 4.78 is 24.0. The van der Waals surface area contributed by atoms with E-state index in [1.807, 2.05) is 4.90 Å². The molecule has 0 aromatic carbocycles. The van der Waals surface area contributed by atoms with Crippen molar-refractivity contribution in [1.82, 2.24) is 9.80 Å². The molecule has 4 heteroatoms. The van der Waals surface area contributed by atoms with E-state index in [1.165, 1.54) is 0 Å². The molecule has 0 unspecified atom stereocenters. The number of piperazine rings is 1. The van der Waals surface area contributed by atoms with Gasteiger partial charge < -0.3 is 4.90 Å². The first-order chi connectivity index (χ1) is 6.22. The molecule has 1 rings (SSSR count). The van der Waals surface area contributed by atoms with E-state index in [4.69, 9.17) is 0 Å². The van der Waals surface area contributed by atoms with Crippen LogP contribution in [0, 0.1) is 0 Å². The van der Waals surface area contributed by atoms with Gasteiger partial charge in [-0.2, -0.15) is 0 Å². The van der Waals surface area contributed by atoms with E-state index in [-0.39, 0.29) is 6.54 Å². The van der Waals surface area contributed by atoms with Gasteiger partial charge in [0.1, 0.15) is 0 Å². The molecule has 78 valence electrons. The largest absolute Gasteiger partial charge is 0.301 e. The lowest BCUT2D eigenvalue weighted by Crippen LogP contribution is -2.47. The first-order valence-corrected chi connectivity index (χ1v) is 4.95. The Labute approximate surface area is 78.5 Å². The molecule has 0 atom stereocenters. The van der Waals surface area contributed by atoms with Crippen LogP contribution in [0.2, 0.25) is 0 Å². The van der Waals surface area contributed by atoms with Gasteiger partial charge in [0.25, 0.3) is 6.43 Å². The average Bonchev–Trinajstić information content (AvgIpc) is 2.08. The molecule has 1 fully saturated rings. The Morgan fingerprint density at radius 3 is 2.08 bits per heavy atom. The summed E-state index contributed by atoms with van der Waals surface area (Å²) in [6.07, 6.45) is -1.03. The second kappa shape index (κ2) is 5.50. The van der Waals surface area contributed by atoms with Crippen molar-refractivity contribution in [3.8, 4) is 0 Å². The van der Waals surface area contributed by atoms with Gasteiger partial charge in [0.05, 0.1) is 6.54 Å². The molecule has 0 aromatic heterocycles. The van der Waals surface area contributed by atoms with Crippen LogP contribution in [0.1, 0.15) is 13.3 Å². The van der Waals surface area contributed by atoms with Gasteiger partial charge in [-0.15, -0.1) is 0 Å². The minimum Gasteiger partial charge on any atom is -0.301 e. The standard InChI is InChI=1S/C9H18F2N2/c1-2-3-12-4-6-13(7-5-12)8-9(10)11/h9H,2-8H2,1H3. The predicted molar refractivity (Wildman–Crippen MR) is 49.2 cm³/mol. The van der Waals surface area contributed by atoms with Crippen LogP contribution in [0.5, 0.6) is 0 Å². The van der Waals surface area contributed by atoms with E-state index in [2.05, 4.69) is 11.8 Å². The molecule has 1 heterocycles. The van der Waals surface area contributed by atoms with Crippen LogP contribution < -0.4 is 0 Å². The van der Waals surface area contributed by atoms with Crippen LogP contribution in [0.4, 0.5) is 8.78 Å². The molecule has 0 aliphatic carbocycles. The molecular formula is C9H18F2N2. The molecule has 1 aliphatic heterocycles. The maximum Gasteiger partial charge on any atom is 0.251 e. The fourth-order valence-electron chi connectivity index (χ4n) is 1.71. The van der Waals surface area contributed by atoms with Crippen LogP contribution in [0.3, 0.4) is 0 Å². The van der Waals surface area contributed by atoms with Gasteiger partial charge >= 0.3 is 0 Å². The van der Waals surface area contributed by atoms with E-state index >= 15 is 0 Å². The van der Waals surface area contributed by atoms with Gasteiger partial charge in [-0.3, -0.25) is 4.90 Å². The zero-order chi connectivity index (χ0) is 9.68. The molecule has 0 spiro atoms. The summed E-state index contributed by atoms with van der Waals surface area (Å²) in [6.45, 7) is 6.67. The van der Waals surface area contributed by atoms with Crippen molar-refractivity contribution in [2.24, 2.45) is 0 Å². The Hall–Kier alpha value is -0.220. The Kier molecular flexibility index (Phi) is 4.59. The minimum absolute atomic E-state index is 0.0556. The molecule has 1 aliphatic rings. The third-order valence-corrected chi connectivity index (χ3v) is 2.40. The first-order valence-electron chi connectivity index (χ1n) is 4.95. The molecule has 13 heavy (non-hydrogen) atoms. The minimum atomic E-state index is -2.18. The SMILES string of the molecule is CCCN1CCN(CC(F)F)CC1. The quantitative estimate of drug-likeness (QED) is 0.662. The van der Waals surface area contributed by atoms with E-state index in [9.17, 15) is 8.78 Å². The molecule has 0 saturated carbocycles. The van der Waals surface area contributed by atoms with Crippen molar-refractivity contribution < 1.29 is 8.78 Å². The van der Waals surface area contributed by atoms with Gasteiger partial charge in [-0.05, 0) is 13.0 Å². The molecule has 1 saturated heterocycles. The van der Waals surface area contributed by atoms with Gasteiger partial charge in [0, 0.05) is 26.2 Å². The Bertz CT molecular complexity index is 134. The summed E-state index contributed by atoms with van der Waals surface area (Å²) in [5.41, 5.74) is 0. The third-order valence-electron chi connectivity index (χ3n) is 2.40. The van der Waals surface area contributed by atoms with Gasteiger partial charge in [0.2, 0.25) is 0 Å². The number of hydrogen-bond donors (Lipinski definition) is 0. The highest BCUT2D eigenvalue weighted by molar-refractivity contribution is 4.71. The van der Waals surface area contributed by atoms with Crippen molar-refractivity contribution in [1.29, 1.82) is 0 Å². The van der Waals surface area contributed by atoms with Crippen LogP contribution >= 0.6 is 0 Å². The summed E-state index contributed by atoms with van der Waals surface area (Å²) in [5.74, 6) is 0. The topological polar surface area (TPSA) is 6.48 Å². The lowest BCUT2D eigenvalue weighted by atomic mass is 10.3. The van der Waals surface area contributed by atoms with E-state index in [1.54, 1.807) is 0 Å². The number of halogens is 2. The molecule has 2 nitrogen and oxygen atoms in total. The lowest BCUT2D eigenvalue weighted by Gasteiger charge is -2.34. The Balaban J connectivity index is 2.15. The number of hydrogen-bond acceptors (Lipinski definition) is 2. The second-order valence-corrected chi connectivity index (χ2v) is 3.53. The van der Waals surface area contributed by atoms with Crippen molar-refractivity contribution in [2.45, 2.75) is 19.8 Å². The molecule has 0 radical (unpaired) electrons. The average molecular weight is 192 g/mol. The normalized spacial score (nSPS) is 21.2. The molecular weight excluding hydrogens is 174 g/mol. The zero-order valence-corrected chi connectivity index (χ0v) is 8.18. The number of rotatable bonds is 4. The summed E-state index contributed by atoms with van der Waals surface area (Å²) in [5, 5.41) is 0. The number of alkyl halides is 2. The fraction of sp³-hybridized carbons (Fsp3) is 1.00.